The van der Waals surface area contributed by atoms with Gasteiger partial charge >= 0.3 is 0 Å². The first-order valence-corrected chi connectivity index (χ1v) is 8.44. The maximum atomic E-state index is 6.04. The van der Waals surface area contributed by atoms with E-state index in [0.717, 1.165) is 31.6 Å². The van der Waals surface area contributed by atoms with Gasteiger partial charge in [-0.3, -0.25) is 0 Å². The quantitative estimate of drug-likeness (QED) is 0.681. The Balaban J connectivity index is 1.40. The summed E-state index contributed by atoms with van der Waals surface area (Å²) in [5.74, 6) is 2.21. The second-order valence-electron chi connectivity index (χ2n) is 5.96. The third-order valence-corrected chi connectivity index (χ3v) is 4.33. The summed E-state index contributed by atoms with van der Waals surface area (Å²) in [5.41, 5.74) is 0.775. The van der Waals surface area contributed by atoms with Crippen molar-refractivity contribution >= 4 is 11.6 Å². The Morgan fingerprint density at radius 1 is 0.962 bits per heavy atom. The van der Waals surface area contributed by atoms with Gasteiger partial charge in [0.15, 0.2) is 5.65 Å². The molecule has 0 amide bonds. The van der Waals surface area contributed by atoms with E-state index >= 15 is 0 Å². The predicted molar refractivity (Wildman–Crippen MR) is 94.0 cm³/mol. The monoisotopic (exact) mass is 356 g/mol. The highest BCUT2D eigenvalue weighted by Crippen LogP contribution is 2.24. The van der Waals surface area contributed by atoms with Crippen LogP contribution in [0.1, 0.15) is 12.8 Å². The molecule has 3 aromatic rings. The van der Waals surface area contributed by atoms with Crippen LogP contribution in [0, 0.1) is 0 Å². The molecule has 1 aliphatic rings. The van der Waals surface area contributed by atoms with E-state index in [-0.39, 0.29) is 6.10 Å². The molecule has 0 saturated carbocycles. The molecule has 9 nitrogen and oxygen atoms in total. The van der Waals surface area contributed by atoms with Gasteiger partial charge in [0.25, 0.3) is 0 Å². The molecular formula is C17H20N6O3. The molecule has 0 aromatic carbocycles. The summed E-state index contributed by atoms with van der Waals surface area (Å²) >= 11 is 0. The average molecular weight is 356 g/mol. The Labute approximate surface area is 150 Å². The van der Waals surface area contributed by atoms with E-state index in [9.17, 15) is 0 Å². The molecule has 1 aliphatic heterocycles. The highest BCUT2D eigenvalue weighted by Gasteiger charge is 2.23. The highest BCUT2D eigenvalue weighted by atomic mass is 16.5. The molecule has 0 bridgehead atoms. The van der Waals surface area contributed by atoms with Crippen molar-refractivity contribution in [1.82, 2.24) is 24.6 Å². The summed E-state index contributed by atoms with van der Waals surface area (Å²) in [7, 11) is 3.16. The van der Waals surface area contributed by atoms with Gasteiger partial charge in [-0.2, -0.15) is 20.1 Å². The van der Waals surface area contributed by atoms with E-state index in [1.54, 1.807) is 31.0 Å². The topological polar surface area (TPSA) is 86.9 Å². The van der Waals surface area contributed by atoms with Gasteiger partial charge in [0, 0.05) is 44.3 Å². The van der Waals surface area contributed by atoms with Crippen LogP contribution in [0.3, 0.4) is 0 Å². The number of aromatic nitrogens is 5. The number of piperidine rings is 1. The number of rotatable bonds is 5. The van der Waals surface area contributed by atoms with E-state index in [1.165, 1.54) is 0 Å². The van der Waals surface area contributed by atoms with Gasteiger partial charge in [-0.1, -0.05) is 0 Å². The second-order valence-corrected chi connectivity index (χ2v) is 5.96. The fraction of sp³-hybridized carbons (Fsp3) is 0.412. The molecule has 9 heteroatoms. The van der Waals surface area contributed by atoms with Gasteiger partial charge in [0.1, 0.15) is 6.10 Å². The molecule has 3 aromatic heterocycles. The molecule has 4 rings (SSSR count). The molecule has 26 heavy (non-hydrogen) atoms. The third kappa shape index (κ3) is 3.32. The Morgan fingerprint density at radius 2 is 1.69 bits per heavy atom. The fourth-order valence-corrected chi connectivity index (χ4v) is 2.95. The summed E-state index contributed by atoms with van der Waals surface area (Å²) < 4.78 is 18.2. The summed E-state index contributed by atoms with van der Waals surface area (Å²) in [4.78, 5) is 15.4. The van der Waals surface area contributed by atoms with Gasteiger partial charge in [0.05, 0.1) is 26.5 Å². The first-order valence-electron chi connectivity index (χ1n) is 8.44. The third-order valence-electron chi connectivity index (χ3n) is 4.33. The van der Waals surface area contributed by atoms with Gasteiger partial charge in [0.2, 0.25) is 23.6 Å². The Hall–Kier alpha value is -3.10. The number of nitrogens with zero attached hydrogens (tertiary/aromatic N) is 6. The Bertz CT molecular complexity index is 869. The molecule has 1 fully saturated rings. The van der Waals surface area contributed by atoms with Crippen molar-refractivity contribution in [3.8, 4) is 17.6 Å². The summed E-state index contributed by atoms with van der Waals surface area (Å²) in [6.07, 6.45) is 5.39. The average Bonchev–Trinajstić information content (AvgIpc) is 3.16. The van der Waals surface area contributed by atoms with Crippen molar-refractivity contribution in [1.29, 1.82) is 0 Å². The number of ether oxygens (including phenoxy) is 3. The minimum absolute atomic E-state index is 0.108. The standard InChI is InChI=1S/C17H20N6O3/c1-24-15-11-16(25-2)21-17(20-15)22-8-4-12(5-9-22)26-14-6-10-23-13(19-14)3-7-18-23/h3,6-7,10-12H,4-5,8-9H2,1-2H3. The van der Waals surface area contributed by atoms with E-state index < -0.39 is 0 Å². The second kappa shape index (κ2) is 7.03. The van der Waals surface area contributed by atoms with Crippen LogP contribution in [0.2, 0.25) is 0 Å². The smallest absolute Gasteiger partial charge is 0.231 e. The maximum Gasteiger partial charge on any atom is 0.231 e. The molecular weight excluding hydrogens is 336 g/mol. The summed E-state index contributed by atoms with van der Waals surface area (Å²) in [6.45, 7) is 1.58. The number of anilines is 1. The largest absolute Gasteiger partial charge is 0.481 e. The van der Waals surface area contributed by atoms with Crippen molar-refractivity contribution in [3.63, 3.8) is 0 Å². The highest BCUT2D eigenvalue weighted by molar-refractivity contribution is 5.38. The zero-order valence-corrected chi connectivity index (χ0v) is 14.7. The molecule has 0 spiro atoms. The van der Waals surface area contributed by atoms with Crippen LogP contribution in [-0.2, 0) is 0 Å². The molecule has 1 saturated heterocycles. The molecule has 0 unspecified atom stereocenters. The lowest BCUT2D eigenvalue weighted by Crippen LogP contribution is -2.39. The molecule has 136 valence electrons. The van der Waals surface area contributed by atoms with Crippen molar-refractivity contribution in [3.05, 3.63) is 30.6 Å². The minimum atomic E-state index is 0.108. The zero-order chi connectivity index (χ0) is 17.9. The van der Waals surface area contributed by atoms with Gasteiger partial charge < -0.3 is 19.1 Å². The lowest BCUT2D eigenvalue weighted by Gasteiger charge is -2.32. The van der Waals surface area contributed by atoms with Gasteiger partial charge in [-0.15, -0.1) is 0 Å². The van der Waals surface area contributed by atoms with Crippen LogP contribution in [0.15, 0.2) is 30.6 Å². The van der Waals surface area contributed by atoms with Crippen molar-refractivity contribution in [2.75, 3.05) is 32.2 Å². The first kappa shape index (κ1) is 16.4. The first-order chi connectivity index (χ1) is 12.7. The summed E-state index contributed by atoms with van der Waals surface area (Å²) in [5, 5.41) is 4.14. The van der Waals surface area contributed by atoms with E-state index in [1.807, 2.05) is 18.3 Å². The molecule has 0 aliphatic carbocycles. The molecule has 0 N–H and O–H groups in total. The number of hydrogen-bond acceptors (Lipinski definition) is 8. The lowest BCUT2D eigenvalue weighted by atomic mass is 10.1. The van der Waals surface area contributed by atoms with E-state index in [2.05, 4.69) is 25.0 Å². The summed E-state index contributed by atoms with van der Waals surface area (Å²) in [6, 6.07) is 5.35. The minimum Gasteiger partial charge on any atom is -0.481 e. The number of fused-ring (bicyclic) bond motifs is 1. The Morgan fingerprint density at radius 3 is 2.38 bits per heavy atom. The van der Waals surface area contributed by atoms with Crippen LogP contribution in [0.4, 0.5) is 5.95 Å². The van der Waals surface area contributed by atoms with Gasteiger partial charge in [-0.05, 0) is 0 Å². The van der Waals surface area contributed by atoms with Crippen LogP contribution in [0.5, 0.6) is 17.6 Å². The fourth-order valence-electron chi connectivity index (χ4n) is 2.95. The van der Waals surface area contributed by atoms with E-state index in [4.69, 9.17) is 14.2 Å². The van der Waals surface area contributed by atoms with Crippen LogP contribution < -0.4 is 19.1 Å². The van der Waals surface area contributed by atoms with Crippen molar-refractivity contribution < 1.29 is 14.2 Å². The zero-order valence-electron chi connectivity index (χ0n) is 14.7. The van der Waals surface area contributed by atoms with E-state index in [0.29, 0.717) is 23.6 Å². The van der Waals surface area contributed by atoms with Crippen LogP contribution in [0.25, 0.3) is 5.65 Å². The molecule has 0 atom stereocenters. The van der Waals surface area contributed by atoms with Crippen molar-refractivity contribution in [2.24, 2.45) is 0 Å². The van der Waals surface area contributed by atoms with Crippen LogP contribution >= 0.6 is 0 Å². The number of methoxy groups -OCH3 is 2. The van der Waals surface area contributed by atoms with Gasteiger partial charge in [-0.25, -0.2) is 4.52 Å². The SMILES string of the molecule is COc1cc(OC)nc(N2CCC(Oc3ccn4nccc4n3)CC2)n1. The maximum absolute atomic E-state index is 6.04. The van der Waals surface area contributed by atoms with Crippen LogP contribution in [-0.4, -0.2) is 58.0 Å². The predicted octanol–water partition coefficient (Wildman–Crippen LogP) is 1.58. The Kier molecular flexibility index (Phi) is 4.42. The normalized spacial score (nSPS) is 15.2. The molecule has 0 radical (unpaired) electrons. The number of hydrogen-bond donors (Lipinski definition) is 0. The molecule has 4 heterocycles. The lowest BCUT2D eigenvalue weighted by molar-refractivity contribution is 0.163. The van der Waals surface area contributed by atoms with Crippen molar-refractivity contribution in [2.45, 2.75) is 18.9 Å².